The zero-order valence-corrected chi connectivity index (χ0v) is 17.6. The average molecular weight is 409 g/mol. The molecule has 2 aromatic carbocycles. The van der Waals surface area contributed by atoms with E-state index in [0.29, 0.717) is 22.7 Å². The summed E-state index contributed by atoms with van der Waals surface area (Å²) in [5, 5.41) is 8.76. The van der Waals surface area contributed by atoms with Crippen LogP contribution in [0.15, 0.2) is 42.5 Å². The van der Waals surface area contributed by atoms with Crippen molar-refractivity contribution in [2.24, 2.45) is 0 Å². The Morgan fingerprint density at radius 2 is 1.60 bits per heavy atom. The molecule has 0 atom stereocenters. The van der Waals surface area contributed by atoms with Crippen LogP contribution in [0, 0.1) is 5.41 Å². The second-order valence-electron chi connectivity index (χ2n) is 7.59. The minimum atomic E-state index is -0.0723. The Morgan fingerprint density at radius 1 is 0.933 bits per heavy atom. The topological polar surface area (TPSA) is 72.5 Å². The number of carbonyl (C=O) groups is 1. The van der Waals surface area contributed by atoms with Crippen molar-refractivity contribution in [3.63, 3.8) is 0 Å². The lowest BCUT2D eigenvalue weighted by atomic mass is 10.1. The van der Waals surface area contributed by atoms with Crippen LogP contribution in [-0.2, 0) is 13.1 Å². The molecule has 1 N–H and O–H groups in total. The first-order valence-corrected chi connectivity index (χ1v) is 10.3. The molecule has 0 spiro atoms. The first kappa shape index (κ1) is 20.2. The number of para-hydroxylation sites is 2. The molecule has 0 bridgehead atoms. The van der Waals surface area contributed by atoms with Gasteiger partial charge in [-0.25, -0.2) is 0 Å². The number of nitrogens with zero attached hydrogens (tertiary/aromatic N) is 3. The van der Waals surface area contributed by atoms with Gasteiger partial charge in [-0.2, -0.15) is 0 Å². The first-order chi connectivity index (χ1) is 14.6. The Labute approximate surface area is 175 Å². The van der Waals surface area contributed by atoms with E-state index < -0.39 is 0 Å². The van der Waals surface area contributed by atoms with Crippen molar-refractivity contribution >= 4 is 16.8 Å². The lowest BCUT2D eigenvalue weighted by molar-refractivity contribution is 0.0971. The highest BCUT2D eigenvalue weighted by atomic mass is 16.5. The third-order valence-corrected chi connectivity index (χ3v) is 5.82. The Hall–Kier alpha value is -3.06. The number of rotatable bonds is 8. The van der Waals surface area contributed by atoms with Crippen LogP contribution in [0.5, 0.6) is 11.5 Å². The van der Waals surface area contributed by atoms with Crippen LogP contribution in [0.3, 0.4) is 0 Å². The highest BCUT2D eigenvalue weighted by Gasteiger charge is 2.17. The number of hydrogen-bond donors (Lipinski definition) is 1. The van der Waals surface area contributed by atoms with E-state index in [-0.39, 0.29) is 12.3 Å². The number of imidazole rings is 1. The number of Topliss-reactive ketones (excluding diaryl/α,β-unsaturated/α-hetero) is 1. The summed E-state index contributed by atoms with van der Waals surface area (Å²) in [5.74, 6) is 1.03. The Bertz CT molecular complexity index is 1110. The highest BCUT2D eigenvalue weighted by molar-refractivity contribution is 5.97. The maximum absolute atomic E-state index is 13.0. The number of hydrogen-bond acceptors (Lipinski definition) is 5. The van der Waals surface area contributed by atoms with Gasteiger partial charge in [0, 0.05) is 18.7 Å². The maximum Gasteiger partial charge on any atom is 0.203 e. The molecule has 2 heterocycles. The van der Waals surface area contributed by atoms with Gasteiger partial charge in [0.25, 0.3) is 0 Å². The van der Waals surface area contributed by atoms with Crippen LogP contribution in [0.25, 0.3) is 11.0 Å². The second-order valence-corrected chi connectivity index (χ2v) is 7.59. The van der Waals surface area contributed by atoms with Gasteiger partial charge in [-0.15, -0.1) is 0 Å². The number of nitrogens with one attached hydrogen (secondary N) is 1. The van der Waals surface area contributed by atoms with E-state index in [1.54, 1.807) is 37.0 Å². The van der Waals surface area contributed by atoms with E-state index in [0.717, 1.165) is 37.2 Å². The van der Waals surface area contributed by atoms with Crippen molar-refractivity contribution in [3.05, 3.63) is 53.6 Å². The monoisotopic (exact) mass is 408 g/mol. The van der Waals surface area contributed by atoms with Crippen molar-refractivity contribution in [1.82, 2.24) is 14.0 Å². The molecule has 4 rings (SSSR count). The summed E-state index contributed by atoms with van der Waals surface area (Å²) >= 11 is 0. The van der Waals surface area contributed by atoms with E-state index in [4.69, 9.17) is 14.9 Å². The Balaban J connectivity index is 1.63. The largest absolute Gasteiger partial charge is 0.493 e. The summed E-state index contributed by atoms with van der Waals surface area (Å²) in [7, 11) is 3.12. The van der Waals surface area contributed by atoms with Gasteiger partial charge in [0.1, 0.15) is 0 Å². The zero-order chi connectivity index (χ0) is 21.1. The number of carbonyl (C=O) groups excluding carboxylic acids is 1. The number of ketones is 1. The van der Waals surface area contributed by atoms with Crippen molar-refractivity contribution in [3.8, 4) is 11.5 Å². The van der Waals surface area contributed by atoms with Crippen molar-refractivity contribution < 1.29 is 14.3 Å². The number of aromatic nitrogens is 2. The van der Waals surface area contributed by atoms with E-state index in [1.807, 2.05) is 28.8 Å². The van der Waals surface area contributed by atoms with Crippen LogP contribution < -0.4 is 15.1 Å². The van der Waals surface area contributed by atoms with E-state index in [1.165, 1.54) is 12.8 Å². The molecule has 1 saturated heterocycles. The quantitative estimate of drug-likeness (QED) is 0.582. The summed E-state index contributed by atoms with van der Waals surface area (Å²) in [5.41, 5.74) is 2.78. The molecule has 7 heteroatoms. The lowest BCUT2D eigenvalue weighted by Gasteiger charge is -2.15. The van der Waals surface area contributed by atoms with Crippen LogP contribution in [0.1, 0.15) is 23.2 Å². The second kappa shape index (κ2) is 8.75. The van der Waals surface area contributed by atoms with Gasteiger partial charge in [0.05, 0.1) is 31.8 Å². The van der Waals surface area contributed by atoms with Crippen LogP contribution in [0.4, 0.5) is 0 Å². The third-order valence-electron chi connectivity index (χ3n) is 5.82. The number of ether oxygens (including phenoxy) is 2. The van der Waals surface area contributed by atoms with Crippen LogP contribution in [-0.4, -0.2) is 53.7 Å². The van der Waals surface area contributed by atoms with Crippen LogP contribution in [0.2, 0.25) is 0 Å². The number of benzene rings is 2. The van der Waals surface area contributed by atoms with Gasteiger partial charge >= 0.3 is 0 Å². The number of methoxy groups -OCH3 is 2. The fraction of sp³-hybridized carbons (Fsp3) is 0.391. The molecule has 30 heavy (non-hydrogen) atoms. The van der Waals surface area contributed by atoms with Gasteiger partial charge in [0.15, 0.2) is 17.3 Å². The van der Waals surface area contributed by atoms with Crippen LogP contribution >= 0.6 is 0 Å². The smallest absolute Gasteiger partial charge is 0.203 e. The molecular formula is C23H28N4O3. The molecule has 1 aliphatic rings. The molecule has 0 aliphatic carbocycles. The molecule has 0 unspecified atom stereocenters. The minimum Gasteiger partial charge on any atom is -0.493 e. The fourth-order valence-electron chi connectivity index (χ4n) is 4.17. The molecule has 0 saturated carbocycles. The molecule has 0 amide bonds. The zero-order valence-electron chi connectivity index (χ0n) is 17.6. The van der Waals surface area contributed by atoms with E-state index in [2.05, 4.69) is 4.90 Å². The predicted molar refractivity (Wildman–Crippen MR) is 115 cm³/mol. The molecule has 1 aliphatic heterocycles. The van der Waals surface area contributed by atoms with Gasteiger partial charge in [0.2, 0.25) is 5.62 Å². The predicted octanol–water partition coefficient (Wildman–Crippen LogP) is 2.92. The van der Waals surface area contributed by atoms with E-state index >= 15 is 0 Å². The lowest BCUT2D eigenvalue weighted by Crippen LogP contribution is -2.31. The average Bonchev–Trinajstić information content (AvgIpc) is 3.39. The molecular weight excluding hydrogens is 380 g/mol. The first-order valence-electron chi connectivity index (χ1n) is 10.3. The summed E-state index contributed by atoms with van der Waals surface area (Å²) in [6.45, 7) is 4.03. The summed E-state index contributed by atoms with van der Waals surface area (Å²) in [6.07, 6.45) is 2.50. The van der Waals surface area contributed by atoms with Gasteiger partial charge in [-0.05, 0) is 56.3 Å². The maximum atomic E-state index is 13.0. The summed E-state index contributed by atoms with van der Waals surface area (Å²) < 4.78 is 14.4. The van der Waals surface area contributed by atoms with Crippen molar-refractivity contribution in [2.75, 3.05) is 33.9 Å². The summed E-state index contributed by atoms with van der Waals surface area (Å²) in [4.78, 5) is 15.5. The van der Waals surface area contributed by atoms with Crippen molar-refractivity contribution in [2.45, 2.75) is 25.9 Å². The van der Waals surface area contributed by atoms with Gasteiger partial charge < -0.3 is 23.5 Å². The minimum absolute atomic E-state index is 0.0723. The number of fused-ring (bicyclic) bond motifs is 1. The van der Waals surface area contributed by atoms with Gasteiger partial charge in [-0.3, -0.25) is 10.2 Å². The number of likely N-dealkylation sites (tertiary alicyclic amines) is 1. The molecule has 1 aromatic heterocycles. The Kier molecular flexibility index (Phi) is 5.90. The van der Waals surface area contributed by atoms with E-state index in [9.17, 15) is 4.79 Å². The fourth-order valence-corrected chi connectivity index (χ4v) is 4.17. The van der Waals surface area contributed by atoms with Gasteiger partial charge in [-0.1, -0.05) is 12.1 Å². The SMILES string of the molecule is COc1ccc(C(=O)Cn2c(=N)n(CCN3CCCC3)c3ccccc32)cc1OC. The molecule has 3 aromatic rings. The molecule has 0 radical (unpaired) electrons. The molecule has 1 fully saturated rings. The highest BCUT2D eigenvalue weighted by Crippen LogP contribution is 2.28. The van der Waals surface area contributed by atoms with Crippen molar-refractivity contribution in [1.29, 1.82) is 5.41 Å². The third kappa shape index (κ3) is 3.85. The molecule has 7 nitrogen and oxygen atoms in total. The molecule has 158 valence electrons. The normalized spacial score (nSPS) is 14.3. The standard InChI is InChI=1S/C23H28N4O3/c1-29-21-10-9-17(15-22(21)30-2)20(28)16-27-19-8-4-3-7-18(19)26(23(27)24)14-13-25-11-5-6-12-25/h3-4,7-10,15,24H,5-6,11-14,16H2,1-2H3. The summed E-state index contributed by atoms with van der Waals surface area (Å²) in [6, 6.07) is 13.1. The Morgan fingerprint density at radius 3 is 2.27 bits per heavy atom.